The summed E-state index contributed by atoms with van der Waals surface area (Å²) in [7, 11) is 1.48. The molecule has 0 bridgehead atoms. The highest BCUT2D eigenvalue weighted by Gasteiger charge is 2.24. The number of rotatable bonds is 9. The molecule has 0 aromatic heterocycles. The van der Waals surface area contributed by atoms with Gasteiger partial charge in [-0.15, -0.1) is 6.58 Å². The number of carboxylic acid groups (broad SMARTS) is 1. The molecule has 0 aliphatic heterocycles. The average molecular weight is 273 g/mol. The Balaban J connectivity index is 4.59. The lowest BCUT2D eigenvalue weighted by atomic mass is 10.2. The van der Waals surface area contributed by atoms with Crippen molar-refractivity contribution in [2.24, 2.45) is 5.73 Å². The Morgan fingerprint density at radius 3 is 2.58 bits per heavy atom. The monoisotopic (exact) mass is 273 g/mol. The van der Waals surface area contributed by atoms with E-state index in [9.17, 15) is 14.4 Å². The van der Waals surface area contributed by atoms with E-state index in [4.69, 9.17) is 15.6 Å². The number of nitrogens with zero attached hydrogens (tertiary/aromatic N) is 1. The topological polar surface area (TPSA) is 122 Å². The van der Waals surface area contributed by atoms with Crippen molar-refractivity contribution >= 4 is 17.9 Å². The van der Waals surface area contributed by atoms with Gasteiger partial charge in [-0.2, -0.15) is 0 Å². The van der Waals surface area contributed by atoms with E-state index in [0.717, 1.165) is 0 Å². The first-order valence-electron chi connectivity index (χ1n) is 5.58. The second kappa shape index (κ2) is 8.92. The third-order valence-corrected chi connectivity index (χ3v) is 2.20. The number of primary amides is 1. The smallest absolute Gasteiger partial charge is 0.326 e. The predicted molar refractivity (Wildman–Crippen MR) is 67.4 cm³/mol. The lowest BCUT2D eigenvalue weighted by Gasteiger charge is -2.23. The Bertz CT molecular complexity index is 345. The molecule has 0 aliphatic rings. The standard InChI is InChI=1S/C11H19N3O5/c1-3-4-14(5-6-19-2)11(18)13-8(10(16)17)7-9(12)15/h3,8H,1,4-7H2,2H3,(H2,12,15)(H,13,18)(H,16,17)/t8-/m1/s1. The van der Waals surface area contributed by atoms with Crippen LogP contribution in [0.4, 0.5) is 4.79 Å². The molecule has 8 heteroatoms. The first kappa shape index (κ1) is 16.9. The van der Waals surface area contributed by atoms with Crippen LogP contribution in [0.2, 0.25) is 0 Å². The van der Waals surface area contributed by atoms with E-state index in [1.54, 1.807) is 0 Å². The maximum Gasteiger partial charge on any atom is 0.326 e. The highest BCUT2D eigenvalue weighted by molar-refractivity contribution is 5.87. The van der Waals surface area contributed by atoms with Gasteiger partial charge in [0.05, 0.1) is 13.0 Å². The lowest BCUT2D eigenvalue weighted by Crippen LogP contribution is -2.50. The van der Waals surface area contributed by atoms with E-state index >= 15 is 0 Å². The second-order valence-corrected chi connectivity index (χ2v) is 3.74. The summed E-state index contributed by atoms with van der Waals surface area (Å²) >= 11 is 0. The molecule has 0 saturated heterocycles. The number of amides is 3. The van der Waals surface area contributed by atoms with E-state index < -0.39 is 30.4 Å². The van der Waals surface area contributed by atoms with Crippen molar-refractivity contribution in [3.63, 3.8) is 0 Å². The molecule has 3 amide bonds. The Labute approximate surface area is 111 Å². The molecule has 1 atom stereocenters. The molecule has 19 heavy (non-hydrogen) atoms. The van der Waals surface area contributed by atoms with E-state index in [1.165, 1.54) is 18.1 Å². The number of carboxylic acids is 1. The van der Waals surface area contributed by atoms with E-state index in [-0.39, 0.29) is 13.1 Å². The third-order valence-electron chi connectivity index (χ3n) is 2.20. The fraction of sp³-hybridized carbons (Fsp3) is 0.545. The summed E-state index contributed by atoms with van der Waals surface area (Å²) in [6.45, 7) is 4.31. The maximum atomic E-state index is 11.8. The molecule has 4 N–H and O–H groups in total. The molecule has 0 rings (SSSR count). The van der Waals surface area contributed by atoms with Gasteiger partial charge in [0.2, 0.25) is 5.91 Å². The number of carbonyl (C=O) groups is 3. The van der Waals surface area contributed by atoms with Crippen molar-refractivity contribution in [3.05, 3.63) is 12.7 Å². The number of methoxy groups -OCH3 is 1. The molecule has 0 aromatic rings. The van der Waals surface area contributed by atoms with E-state index in [0.29, 0.717) is 6.61 Å². The summed E-state index contributed by atoms with van der Waals surface area (Å²) in [6.07, 6.45) is 1.03. The number of aliphatic carboxylic acids is 1. The van der Waals surface area contributed by atoms with Crippen LogP contribution in [0.3, 0.4) is 0 Å². The minimum absolute atomic E-state index is 0.234. The third kappa shape index (κ3) is 7.04. The number of nitrogens with two attached hydrogens (primary N) is 1. The molecule has 0 heterocycles. The van der Waals surface area contributed by atoms with Crippen LogP contribution in [0.25, 0.3) is 0 Å². The molecular weight excluding hydrogens is 254 g/mol. The summed E-state index contributed by atoms with van der Waals surface area (Å²) < 4.78 is 4.84. The largest absolute Gasteiger partial charge is 0.480 e. The van der Waals surface area contributed by atoms with Crippen molar-refractivity contribution in [1.82, 2.24) is 10.2 Å². The Morgan fingerprint density at radius 2 is 2.16 bits per heavy atom. The molecule has 0 aliphatic carbocycles. The van der Waals surface area contributed by atoms with Crippen molar-refractivity contribution in [3.8, 4) is 0 Å². The van der Waals surface area contributed by atoms with Gasteiger partial charge < -0.3 is 25.8 Å². The minimum atomic E-state index is -1.35. The van der Waals surface area contributed by atoms with Crippen LogP contribution in [0.5, 0.6) is 0 Å². The van der Waals surface area contributed by atoms with Crippen molar-refractivity contribution < 1.29 is 24.2 Å². The Morgan fingerprint density at radius 1 is 1.53 bits per heavy atom. The minimum Gasteiger partial charge on any atom is -0.480 e. The number of hydrogen-bond donors (Lipinski definition) is 3. The fourth-order valence-corrected chi connectivity index (χ4v) is 1.27. The second-order valence-electron chi connectivity index (χ2n) is 3.74. The molecule has 0 saturated carbocycles. The summed E-state index contributed by atoms with van der Waals surface area (Å²) in [4.78, 5) is 34.7. The Hall–Kier alpha value is -2.09. The van der Waals surface area contributed by atoms with Crippen LogP contribution < -0.4 is 11.1 Å². The number of hydrogen-bond acceptors (Lipinski definition) is 4. The maximum absolute atomic E-state index is 11.8. The molecule has 108 valence electrons. The molecule has 0 radical (unpaired) electrons. The summed E-state index contributed by atoms with van der Waals surface area (Å²) in [5, 5.41) is 11.1. The molecule has 0 aromatic carbocycles. The number of ether oxygens (including phenoxy) is 1. The molecule has 0 spiro atoms. The molecule has 0 fully saturated rings. The van der Waals surface area contributed by atoms with Gasteiger partial charge in [-0.05, 0) is 0 Å². The summed E-state index contributed by atoms with van der Waals surface area (Å²) in [5.74, 6) is -2.13. The molecule has 8 nitrogen and oxygen atoms in total. The molecule has 0 unspecified atom stereocenters. The van der Waals surface area contributed by atoms with Gasteiger partial charge in [0, 0.05) is 20.2 Å². The highest BCUT2D eigenvalue weighted by atomic mass is 16.5. The normalized spacial score (nSPS) is 11.4. The van der Waals surface area contributed by atoms with Gasteiger partial charge in [-0.1, -0.05) is 6.08 Å². The number of carbonyl (C=O) groups excluding carboxylic acids is 2. The SMILES string of the molecule is C=CCN(CCOC)C(=O)N[C@H](CC(N)=O)C(=O)O. The van der Waals surface area contributed by atoms with Gasteiger partial charge in [0.15, 0.2) is 0 Å². The fourth-order valence-electron chi connectivity index (χ4n) is 1.27. The van der Waals surface area contributed by atoms with Gasteiger partial charge >= 0.3 is 12.0 Å². The first-order valence-corrected chi connectivity index (χ1v) is 5.58. The lowest BCUT2D eigenvalue weighted by molar-refractivity contribution is -0.140. The average Bonchev–Trinajstić information content (AvgIpc) is 2.32. The van der Waals surface area contributed by atoms with Gasteiger partial charge in [-0.3, -0.25) is 4.79 Å². The van der Waals surface area contributed by atoms with Crippen LogP contribution >= 0.6 is 0 Å². The zero-order chi connectivity index (χ0) is 14.8. The van der Waals surface area contributed by atoms with Crippen LogP contribution in [0, 0.1) is 0 Å². The van der Waals surface area contributed by atoms with Gasteiger partial charge in [-0.25, -0.2) is 9.59 Å². The van der Waals surface area contributed by atoms with Crippen LogP contribution in [0.15, 0.2) is 12.7 Å². The van der Waals surface area contributed by atoms with Crippen molar-refractivity contribution in [2.75, 3.05) is 26.8 Å². The number of nitrogens with one attached hydrogen (secondary N) is 1. The van der Waals surface area contributed by atoms with Crippen LogP contribution in [-0.4, -0.2) is 60.8 Å². The quantitative estimate of drug-likeness (QED) is 0.473. The highest BCUT2D eigenvalue weighted by Crippen LogP contribution is 1.97. The molecular formula is C11H19N3O5. The summed E-state index contributed by atoms with van der Waals surface area (Å²) in [6, 6.07) is -1.97. The van der Waals surface area contributed by atoms with Gasteiger partial charge in [0.1, 0.15) is 6.04 Å². The Kier molecular flexibility index (Phi) is 7.94. The van der Waals surface area contributed by atoms with Crippen molar-refractivity contribution in [1.29, 1.82) is 0 Å². The van der Waals surface area contributed by atoms with Crippen LogP contribution in [-0.2, 0) is 14.3 Å². The zero-order valence-corrected chi connectivity index (χ0v) is 10.8. The van der Waals surface area contributed by atoms with Gasteiger partial charge in [0.25, 0.3) is 0 Å². The zero-order valence-electron chi connectivity index (χ0n) is 10.8. The predicted octanol–water partition coefficient (Wildman–Crippen LogP) is -0.841. The van der Waals surface area contributed by atoms with Crippen molar-refractivity contribution in [2.45, 2.75) is 12.5 Å². The van der Waals surface area contributed by atoms with E-state index in [1.807, 2.05) is 0 Å². The number of urea groups is 1. The van der Waals surface area contributed by atoms with Crippen LogP contribution in [0.1, 0.15) is 6.42 Å². The summed E-state index contributed by atoms with van der Waals surface area (Å²) in [5.41, 5.74) is 4.92. The van der Waals surface area contributed by atoms with E-state index in [2.05, 4.69) is 11.9 Å². The first-order chi connectivity index (χ1) is 8.92.